The Hall–Kier alpha value is -1.31. The fourth-order valence-corrected chi connectivity index (χ4v) is 2.08. The third-order valence-electron chi connectivity index (χ3n) is 3.58. The van der Waals surface area contributed by atoms with Gasteiger partial charge in [0.1, 0.15) is 5.65 Å². The number of fused-ring (bicyclic) bond motifs is 1. The van der Waals surface area contributed by atoms with Gasteiger partial charge in [-0.05, 0) is 50.3 Å². The highest BCUT2D eigenvalue weighted by Gasteiger charge is 2.13. The van der Waals surface area contributed by atoms with Gasteiger partial charge in [-0.25, -0.2) is 4.98 Å². The number of aromatic nitrogens is 2. The molecular weight excluding hydrogens is 196 g/mol. The third-order valence-corrected chi connectivity index (χ3v) is 3.58. The number of pyridine rings is 1. The molecule has 0 aliphatic carbocycles. The molecule has 0 aliphatic heterocycles. The van der Waals surface area contributed by atoms with Crippen LogP contribution in [0.2, 0.25) is 0 Å². The van der Waals surface area contributed by atoms with E-state index in [-0.39, 0.29) is 0 Å². The normalized spacial score (nSPS) is 13.3. The zero-order valence-corrected chi connectivity index (χ0v) is 10.8. The summed E-state index contributed by atoms with van der Waals surface area (Å²) in [6, 6.07) is 2.17. The Morgan fingerprint density at radius 2 is 1.94 bits per heavy atom. The summed E-state index contributed by atoms with van der Waals surface area (Å²) in [5, 5.41) is 0. The van der Waals surface area contributed by atoms with Crippen LogP contribution in [0.5, 0.6) is 0 Å². The molecule has 2 heteroatoms. The van der Waals surface area contributed by atoms with Gasteiger partial charge in [-0.3, -0.25) is 0 Å². The van der Waals surface area contributed by atoms with E-state index in [1.807, 2.05) is 0 Å². The Morgan fingerprint density at radius 3 is 2.56 bits per heavy atom. The van der Waals surface area contributed by atoms with Crippen LogP contribution in [0, 0.1) is 20.8 Å². The van der Waals surface area contributed by atoms with Crippen LogP contribution in [0.25, 0.3) is 5.65 Å². The van der Waals surface area contributed by atoms with Crippen LogP contribution < -0.4 is 0 Å². The molecule has 0 aromatic carbocycles. The van der Waals surface area contributed by atoms with Gasteiger partial charge in [-0.1, -0.05) is 13.8 Å². The van der Waals surface area contributed by atoms with Gasteiger partial charge in [-0.15, -0.1) is 0 Å². The molecule has 2 heterocycles. The maximum atomic E-state index is 4.75. The van der Waals surface area contributed by atoms with E-state index < -0.39 is 0 Å². The molecule has 0 N–H and O–H groups in total. The summed E-state index contributed by atoms with van der Waals surface area (Å²) in [7, 11) is 0. The van der Waals surface area contributed by atoms with Crippen LogP contribution in [-0.2, 0) is 0 Å². The van der Waals surface area contributed by atoms with Crippen molar-refractivity contribution in [2.75, 3.05) is 0 Å². The lowest BCUT2D eigenvalue weighted by Crippen LogP contribution is -1.95. The first kappa shape index (κ1) is 11.2. The first-order chi connectivity index (χ1) is 7.54. The molecule has 0 bridgehead atoms. The van der Waals surface area contributed by atoms with Crippen molar-refractivity contribution in [2.24, 2.45) is 0 Å². The summed E-state index contributed by atoms with van der Waals surface area (Å²) in [6.45, 7) is 10.9. The van der Waals surface area contributed by atoms with Gasteiger partial charge in [0.15, 0.2) is 0 Å². The second-order valence-corrected chi connectivity index (χ2v) is 4.76. The van der Waals surface area contributed by atoms with Crippen molar-refractivity contribution < 1.29 is 0 Å². The Balaban J connectivity index is 2.68. The number of rotatable bonds is 2. The van der Waals surface area contributed by atoms with Gasteiger partial charge in [-0.2, -0.15) is 0 Å². The molecule has 2 rings (SSSR count). The first-order valence-corrected chi connectivity index (χ1v) is 6.00. The van der Waals surface area contributed by atoms with Crippen molar-refractivity contribution in [3.8, 4) is 0 Å². The topological polar surface area (TPSA) is 17.3 Å². The second kappa shape index (κ2) is 3.93. The molecule has 0 radical (unpaired) electrons. The molecule has 1 unspecified atom stereocenters. The van der Waals surface area contributed by atoms with E-state index in [9.17, 15) is 0 Å². The maximum Gasteiger partial charge on any atom is 0.137 e. The van der Waals surface area contributed by atoms with Crippen LogP contribution in [0.4, 0.5) is 0 Å². The number of hydrogen-bond acceptors (Lipinski definition) is 1. The van der Waals surface area contributed by atoms with E-state index in [0.29, 0.717) is 5.92 Å². The van der Waals surface area contributed by atoms with E-state index in [2.05, 4.69) is 51.3 Å². The summed E-state index contributed by atoms with van der Waals surface area (Å²) in [6.07, 6.45) is 3.33. The fourth-order valence-electron chi connectivity index (χ4n) is 2.08. The zero-order valence-electron chi connectivity index (χ0n) is 10.8. The molecule has 2 nitrogen and oxygen atoms in total. The lowest BCUT2D eigenvalue weighted by molar-refractivity contribution is 0.707. The highest BCUT2D eigenvalue weighted by Crippen LogP contribution is 2.24. The quantitative estimate of drug-likeness (QED) is 0.747. The molecule has 16 heavy (non-hydrogen) atoms. The second-order valence-electron chi connectivity index (χ2n) is 4.76. The summed E-state index contributed by atoms with van der Waals surface area (Å²) in [5.41, 5.74) is 6.24. The SMILES string of the molecule is CCC(C)c1nc2cc(C)c(C)cn2c1C. The predicted molar refractivity (Wildman–Crippen MR) is 68.1 cm³/mol. The summed E-state index contributed by atoms with van der Waals surface area (Å²) >= 11 is 0. The number of aryl methyl sites for hydroxylation is 3. The predicted octanol–water partition coefficient (Wildman–Crippen LogP) is 3.77. The summed E-state index contributed by atoms with van der Waals surface area (Å²) in [5.74, 6) is 0.542. The van der Waals surface area contributed by atoms with Crippen LogP contribution in [0.15, 0.2) is 12.3 Å². The molecule has 0 aliphatic rings. The number of imidazole rings is 1. The van der Waals surface area contributed by atoms with E-state index in [0.717, 1.165) is 12.1 Å². The smallest absolute Gasteiger partial charge is 0.137 e. The lowest BCUT2D eigenvalue weighted by Gasteiger charge is -2.06. The number of hydrogen-bond donors (Lipinski definition) is 0. The monoisotopic (exact) mass is 216 g/mol. The lowest BCUT2D eigenvalue weighted by atomic mass is 10.0. The maximum absolute atomic E-state index is 4.75. The highest BCUT2D eigenvalue weighted by molar-refractivity contribution is 5.48. The van der Waals surface area contributed by atoms with Crippen molar-refractivity contribution in [1.82, 2.24) is 9.38 Å². The number of nitrogens with zero attached hydrogens (tertiary/aromatic N) is 2. The van der Waals surface area contributed by atoms with Gasteiger partial charge >= 0.3 is 0 Å². The van der Waals surface area contributed by atoms with E-state index in [4.69, 9.17) is 4.98 Å². The van der Waals surface area contributed by atoms with Crippen LogP contribution in [0.3, 0.4) is 0 Å². The molecule has 0 saturated carbocycles. The van der Waals surface area contributed by atoms with Crippen LogP contribution in [0.1, 0.15) is 48.7 Å². The van der Waals surface area contributed by atoms with Crippen molar-refractivity contribution in [3.05, 3.63) is 34.8 Å². The largest absolute Gasteiger partial charge is 0.304 e. The molecule has 2 aromatic rings. The van der Waals surface area contributed by atoms with Gasteiger partial charge < -0.3 is 4.40 Å². The molecule has 0 amide bonds. The van der Waals surface area contributed by atoms with Crippen LogP contribution in [-0.4, -0.2) is 9.38 Å². The average Bonchev–Trinajstić information content (AvgIpc) is 2.56. The van der Waals surface area contributed by atoms with E-state index in [1.165, 1.54) is 22.5 Å². The van der Waals surface area contributed by atoms with Crippen molar-refractivity contribution >= 4 is 5.65 Å². The Morgan fingerprint density at radius 1 is 1.25 bits per heavy atom. The van der Waals surface area contributed by atoms with Crippen LogP contribution >= 0.6 is 0 Å². The van der Waals surface area contributed by atoms with Crippen molar-refractivity contribution in [1.29, 1.82) is 0 Å². The van der Waals surface area contributed by atoms with Crippen molar-refractivity contribution in [3.63, 3.8) is 0 Å². The fraction of sp³-hybridized carbons (Fsp3) is 0.500. The Labute approximate surface area is 97.3 Å². The standard InChI is InChI=1S/C14H20N2/c1-6-9(2)14-12(5)16-8-11(4)10(3)7-13(16)15-14/h7-9H,6H2,1-5H3. The van der Waals surface area contributed by atoms with Gasteiger partial charge in [0, 0.05) is 11.9 Å². The van der Waals surface area contributed by atoms with Gasteiger partial charge in [0.25, 0.3) is 0 Å². The molecule has 2 aromatic heterocycles. The average molecular weight is 216 g/mol. The summed E-state index contributed by atoms with van der Waals surface area (Å²) < 4.78 is 2.21. The molecule has 0 spiro atoms. The minimum absolute atomic E-state index is 0.542. The van der Waals surface area contributed by atoms with Crippen molar-refractivity contribution in [2.45, 2.75) is 47.0 Å². The summed E-state index contributed by atoms with van der Waals surface area (Å²) in [4.78, 5) is 4.75. The molecule has 86 valence electrons. The minimum atomic E-state index is 0.542. The molecule has 0 fully saturated rings. The minimum Gasteiger partial charge on any atom is -0.304 e. The van der Waals surface area contributed by atoms with Gasteiger partial charge in [0.05, 0.1) is 5.69 Å². The molecule has 0 saturated heterocycles. The molecule has 1 atom stereocenters. The molecular formula is C14H20N2. The third kappa shape index (κ3) is 1.62. The van der Waals surface area contributed by atoms with Gasteiger partial charge in [0.2, 0.25) is 0 Å². The highest BCUT2D eigenvalue weighted by atomic mass is 15.0. The van der Waals surface area contributed by atoms with E-state index >= 15 is 0 Å². The first-order valence-electron chi connectivity index (χ1n) is 6.00. The Kier molecular flexibility index (Phi) is 2.75. The zero-order chi connectivity index (χ0) is 11.9. The van der Waals surface area contributed by atoms with E-state index in [1.54, 1.807) is 0 Å². The Bertz CT molecular complexity index is 523.